The molecule has 0 saturated heterocycles. The second-order valence-electron chi connectivity index (χ2n) is 7.94. The number of carboxylic acids is 2. The van der Waals surface area contributed by atoms with Crippen LogP contribution in [0.25, 0.3) is 0 Å². The van der Waals surface area contributed by atoms with Gasteiger partial charge in [-0.2, -0.15) is 4.98 Å². The van der Waals surface area contributed by atoms with Crippen LogP contribution in [0, 0.1) is 0 Å². The van der Waals surface area contributed by atoms with Gasteiger partial charge in [-0.15, -0.1) is 0 Å². The number of nitrogens with one attached hydrogen (secondary N) is 4. The van der Waals surface area contributed by atoms with Crippen molar-refractivity contribution in [1.29, 1.82) is 0 Å². The minimum Gasteiger partial charge on any atom is -0.548 e. The van der Waals surface area contributed by atoms with Crippen molar-refractivity contribution in [3.8, 4) is 0 Å². The molecular formula is C21H25CaN7O6. The summed E-state index contributed by atoms with van der Waals surface area (Å²) < 4.78 is 0. The molecule has 2 atom stereocenters. The molecule has 182 valence electrons. The van der Waals surface area contributed by atoms with Crippen LogP contribution in [-0.4, -0.2) is 97.3 Å². The molecule has 0 bridgehead atoms. The van der Waals surface area contributed by atoms with Gasteiger partial charge in [0.2, 0.25) is 5.95 Å². The Morgan fingerprint density at radius 1 is 1.26 bits per heavy atom. The summed E-state index contributed by atoms with van der Waals surface area (Å²) in [6, 6.07) is 4.94. The number of nitrogens with two attached hydrogens (primary N) is 1. The first-order valence-electron chi connectivity index (χ1n) is 10.5. The number of amides is 1. The van der Waals surface area contributed by atoms with Crippen LogP contribution in [0.5, 0.6) is 0 Å². The van der Waals surface area contributed by atoms with E-state index in [0.717, 1.165) is 0 Å². The van der Waals surface area contributed by atoms with Gasteiger partial charge in [0.1, 0.15) is 11.2 Å². The summed E-state index contributed by atoms with van der Waals surface area (Å²) in [5.74, 6) is -3.29. The molecule has 1 aromatic carbocycles. The first-order valence-corrected chi connectivity index (χ1v) is 10.5. The Labute approximate surface area is 230 Å². The van der Waals surface area contributed by atoms with Gasteiger partial charge < -0.3 is 46.4 Å². The Bertz CT molecular complexity index is 1160. The number of carbonyl (C=O) groups is 3. The normalized spacial score (nSPS) is 17.3. The molecule has 0 saturated carbocycles. The van der Waals surface area contributed by atoms with Crippen molar-refractivity contribution in [3.63, 3.8) is 0 Å². The van der Waals surface area contributed by atoms with Gasteiger partial charge in [-0.3, -0.25) is 14.6 Å². The molecule has 0 radical (unpaired) electrons. The second kappa shape index (κ2) is 11.6. The summed E-state index contributed by atoms with van der Waals surface area (Å²) in [6.07, 6.45) is 0.805. The third-order valence-corrected chi connectivity index (χ3v) is 5.72. The standard InChI is InChI=1S/C21H27N7O6.Ca/c1-3-4-13(18(31)32)25-16(29)11-5-7-12(8-6-11)23-9-21(19(33)34)10-24-15-14(28(21)2)17(30)27-20(22)26-15;/h5-8,13,23H,3-4,9-10H2,1-2H3,(H,25,29)(H,31,32)(H,33,34)(H4,22,24,26,27,30);/q;+2/p-2. The number of anilines is 4. The number of carboxylic acid groups (broad SMARTS) is 2. The molecule has 2 heterocycles. The summed E-state index contributed by atoms with van der Waals surface area (Å²) in [5, 5.41) is 31.5. The first-order chi connectivity index (χ1) is 16.1. The topological polar surface area (TPSA) is 208 Å². The number of aromatic nitrogens is 2. The number of benzene rings is 1. The number of hydrogen-bond donors (Lipinski definition) is 5. The van der Waals surface area contributed by atoms with Crippen LogP contribution in [-0.2, 0) is 9.59 Å². The van der Waals surface area contributed by atoms with Crippen LogP contribution in [0.15, 0.2) is 29.1 Å². The quantitative estimate of drug-likeness (QED) is 0.215. The minimum absolute atomic E-state index is 0. The zero-order valence-electron chi connectivity index (χ0n) is 19.3. The maximum absolute atomic E-state index is 12.4. The SMILES string of the molecule is CCCC(NC(=O)c1ccc(NCC2(C(=O)[O-])CNc3nc(N)[nH]c(=O)c3N2C)cc1)C(=O)[O-].[Ca+2]. The molecule has 6 N–H and O–H groups in total. The molecule has 13 nitrogen and oxygen atoms in total. The number of likely N-dealkylation sites (N-methyl/N-ethyl adjacent to an activating group) is 1. The number of rotatable bonds is 9. The van der Waals surface area contributed by atoms with Crippen molar-refractivity contribution in [2.24, 2.45) is 0 Å². The third kappa shape index (κ3) is 5.97. The number of nitrogens with zero attached hydrogens (tertiary/aromatic N) is 2. The molecule has 1 aliphatic heterocycles. The molecular weight excluding hydrogens is 486 g/mol. The van der Waals surface area contributed by atoms with E-state index in [0.29, 0.717) is 12.1 Å². The monoisotopic (exact) mass is 511 g/mol. The summed E-state index contributed by atoms with van der Waals surface area (Å²) in [6.45, 7) is 1.52. The number of aliphatic carboxylic acids is 2. The van der Waals surface area contributed by atoms with Crippen molar-refractivity contribution in [2.75, 3.05) is 41.4 Å². The molecule has 3 rings (SSSR count). The molecule has 35 heavy (non-hydrogen) atoms. The minimum atomic E-state index is -1.64. The van der Waals surface area contributed by atoms with E-state index < -0.39 is 35.0 Å². The Hall–Kier alpha value is -3.03. The zero-order valence-corrected chi connectivity index (χ0v) is 21.6. The van der Waals surface area contributed by atoms with Gasteiger partial charge >= 0.3 is 37.7 Å². The Balaban J connectivity index is 0.00000432. The van der Waals surface area contributed by atoms with Crippen molar-refractivity contribution in [2.45, 2.75) is 31.3 Å². The molecule has 0 spiro atoms. The summed E-state index contributed by atoms with van der Waals surface area (Å²) in [5.41, 5.74) is 4.03. The summed E-state index contributed by atoms with van der Waals surface area (Å²) >= 11 is 0. The summed E-state index contributed by atoms with van der Waals surface area (Å²) in [7, 11) is 1.45. The van der Waals surface area contributed by atoms with Crippen LogP contribution < -0.4 is 42.4 Å². The van der Waals surface area contributed by atoms with Crippen LogP contribution in [0.4, 0.5) is 23.1 Å². The average Bonchev–Trinajstić information content (AvgIpc) is 2.78. The molecule has 1 aliphatic rings. The van der Waals surface area contributed by atoms with Crippen molar-refractivity contribution >= 4 is 78.7 Å². The summed E-state index contributed by atoms with van der Waals surface area (Å²) in [4.78, 5) is 55.6. The maximum Gasteiger partial charge on any atom is 2.00 e. The van der Waals surface area contributed by atoms with Gasteiger partial charge in [0.15, 0.2) is 5.82 Å². The van der Waals surface area contributed by atoms with Crippen LogP contribution in [0.3, 0.4) is 0 Å². The molecule has 1 amide bonds. The smallest absolute Gasteiger partial charge is 0.548 e. The number of hydrogen-bond acceptors (Lipinski definition) is 11. The van der Waals surface area contributed by atoms with Gasteiger partial charge in [-0.05, 0) is 30.7 Å². The van der Waals surface area contributed by atoms with E-state index >= 15 is 0 Å². The van der Waals surface area contributed by atoms with Gasteiger partial charge in [0.25, 0.3) is 11.5 Å². The molecule has 0 aliphatic carbocycles. The van der Waals surface area contributed by atoms with Gasteiger partial charge in [0.05, 0.1) is 18.0 Å². The van der Waals surface area contributed by atoms with E-state index in [1.54, 1.807) is 19.1 Å². The molecule has 14 heteroatoms. The maximum atomic E-state index is 12.4. The predicted octanol–water partition coefficient (Wildman–Crippen LogP) is -2.92. The molecule has 0 fully saturated rings. The van der Waals surface area contributed by atoms with Crippen molar-refractivity contribution in [1.82, 2.24) is 15.3 Å². The molecule has 1 aromatic heterocycles. The number of aromatic amines is 1. The van der Waals surface area contributed by atoms with Crippen molar-refractivity contribution < 1.29 is 24.6 Å². The Morgan fingerprint density at radius 3 is 2.49 bits per heavy atom. The largest absolute Gasteiger partial charge is 2.00 e. The Morgan fingerprint density at radius 2 is 1.91 bits per heavy atom. The first kappa shape index (κ1) is 28.2. The van der Waals surface area contributed by atoms with Crippen molar-refractivity contribution in [3.05, 3.63) is 40.2 Å². The number of H-pyrrole nitrogens is 1. The second-order valence-corrected chi connectivity index (χ2v) is 7.94. The number of fused-ring (bicyclic) bond motifs is 1. The van der Waals surface area contributed by atoms with Gasteiger partial charge in [-0.1, -0.05) is 13.3 Å². The fraction of sp³-hybridized carbons (Fsp3) is 0.381. The van der Waals surface area contributed by atoms with E-state index in [1.807, 2.05) is 0 Å². The average molecular weight is 512 g/mol. The van der Waals surface area contributed by atoms with E-state index in [1.165, 1.54) is 24.1 Å². The number of nitrogen functional groups attached to an aromatic ring is 1. The fourth-order valence-corrected chi connectivity index (χ4v) is 3.71. The van der Waals surface area contributed by atoms with E-state index in [2.05, 4.69) is 25.9 Å². The fourth-order valence-electron chi connectivity index (χ4n) is 3.71. The molecule has 2 unspecified atom stereocenters. The van der Waals surface area contributed by atoms with Crippen LogP contribution >= 0.6 is 0 Å². The van der Waals surface area contributed by atoms with Crippen LogP contribution in [0.1, 0.15) is 30.1 Å². The van der Waals surface area contributed by atoms with E-state index in [4.69, 9.17) is 5.73 Å². The van der Waals surface area contributed by atoms with Gasteiger partial charge in [0, 0.05) is 31.4 Å². The number of carbonyl (C=O) groups excluding carboxylic acids is 3. The van der Waals surface area contributed by atoms with E-state index in [9.17, 15) is 29.4 Å². The molecule has 2 aromatic rings. The van der Waals surface area contributed by atoms with Crippen LogP contribution in [0.2, 0.25) is 0 Å². The predicted molar refractivity (Wildman–Crippen MR) is 126 cm³/mol. The van der Waals surface area contributed by atoms with E-state index in [-0.39, 0.29) is 80.3 Å². The zero-order chi connectivity index (χ0) is 25.0. The van der Waals surface area contributed by atoms with Gasteiger partial charge in [-0.25, -0.2) is 0 Å². The third-order valence-electron chi connectivity index (χ3n) is 5.72. The Kier molecular flexibility index (Phi) is 9.35.